The lowest BCUT2D eigenvalue weighted by atomic mass is 9.88. The van der Waals surface area contributed by atoms with E-state index in [0.29, 0.717) is 13.2 Å². The standard InChI is InChI=1S/C10H17NO3/c1-5-13-7-10(3,4)9(6-11)14-8(2)12/h9H,5,7H2,1-4H3. The Balaban J connectivity index is 4.34. The van der Waals surface area contributed by atoms with E-state index in [-0.39, 0.29) is 0 Å². The number of rotatable bonds is 5. The van der Waals surface area contributed by atoms with E-state index in [1.54, 1.807) is 0 Å². The van der Waals surface area contributed by atoms with Gasteiger partial charge in [-0.1, -0.05) is 13.8 Å². The fourth-order valence-electron chi connectivity index (χ4n) is 0.967. The molecular formula is C10H17NO3. The van der Waals surface area contributed by atoms with Crippen molar-refractivity contribution in [2.75, 3.05) is 13.2 Å². The van der Waals surface area contributed by atoms with Gasteiger partial charge in [-0.3, -0.25) is 4.79 Å². The molecule has 14 heavy (non-hydrogen) atoms. The summed E-state index contributed by atoms with van der Waals surface area (Å²) in [4.78, 5) is 10.7. The normalized spacial score (nSPS) is 13.1. The Bertz CT molecular complexity index is 230. The minimum Gasteiger partial charge on any atom is -0.446 e. The Morgan fingerprint density at radius 3 is 2.50 bits per heavy atom. The molecule has 0 aromatic rings. The van der Waals surface area contributed by atoms with Gasteiger partial charge in [0.2, 0.25) is 0 Å². The number of carbonyl (C=O) groups excluding carboxylic acids is 1. The molecule has 0 rings (SSSR count). The fraction of sp³-hybridized carbons (Fsp3) is 0.800. The summed E-state index contributed by atoms with van der Waals surface area (Å²) in [5.41, 5.74) is -0.476. The second kappa shape index (κ2) is 5.61. The average Bonchev–Trinajstić information content (AvgIpc) is 2.10. The molecule has 0 aromatic heterocycles. The molecule has 0 aromatic carbocycles. The maximum Gasteiger partial charge on any atom is 0.303 e. The number of carbonyl (C=O) groups is 1. The van der Waals surface area contributed by atoms with Crippen LogP contribution in [0.5, 0.6) is 0 Å². The molecule has 0 saturated carbocycles. The third-order valence-electron chi connectivity index (χ3n) is 1.79. The summed E-state index contributed by atoms with van der Waals surface area (Å²) in [5.74, 6) is -0.443. The van der Waals surface area contributed by atoms with Crippen molar-refractivity contribution in [3.8, 4) is 6.07 Å². The van der Waals surface area contributed by atoms with Gasteiger partial charge >= 0.3 is 5.97 Å². The molecule has 0 spiro atoms. The van der Waals surface area contributed by atoms with Crippen LogP contribution in [-0.4, -0.2) is 25.3 Å². The Morgan fingerprint density at radius 2 is 2.14 bits per heavy atom. The molecule has 0 saturated heterocycles. The van der Waals surface area contributed by atoms with E-state index in [0.717, 1.165) is 0 Å². The summed E-state index contributed by atoms with van der Waals surface area (Å²) in [6, 6.07) is 1.96. The molecule has 0 heterocycles. The highest BCUT2D eigenvalue weighted by Gasteiger charge is 2.32. The van der Waals surface area contributed by atoms with E-state index in [9.17, 15) is 4.79 Å². The van der Waals surface area contributed by atoms with E-state index >= 15 is 0 Å². The number of hydrogen-bond acceptors (Lipinski definition) is 4. The van der Waals surface area contributed by atoms with Crippen LogP contribution in [-0.2, 0) is 14.3 Å². The van der Waals surface area contributed by atoms with Crippen molar-refractivity contribution in [3.63, 3.8) is 0 Å². The summed E-state index contributed by atoms with van der Waals surface area (Å²) >= 11 is 0. The maximum atomic E-state index is 10.7. The number of esters is 1. The quantitative estimate of drug-likeness (QED) is 0.629. The summed E-state index contributed by atoms with van der Waals surface area (Å²) in [7, 11) is 0. The van der Waals surface area contributed by atoms with Crippen LogP contribution < -0.4 is 0 Å². The van der Waals surface area contributed by atoms with Gasteiger partial charge in [-0.2, -0.15) is 5.26 Å². The zero-order valence-electron chi connectivity index (χ0n) is 9.16. The van der Waals surface area contributed by atoms with Crippen molar-refractivity contribution in [1.29, 1.82) is 5.26 Å². The molecular weight excluding hydrogens is 182 g/mol. The third-order valence-corrected chi connectivity index (χ3v) is 1.79. The Morgan fingerprint density at radius 1 is 1.57 bits per heavy atom. The molecule has 0 aliphatic rings. The largest absolute Gasteiger partial charge is 0.446 e. The minimum atomic E-state index is -0.758. The lowest BCUT2D eigenvalue weighted by molar-refractivity contribution is -0.150. The van der Waals surface area contributed by atoms with Gasteiger partial charge in [0.05, 0.1) is 6.61 Å². The molecule has 0 amide bonds. The highest BCUT2D eigenvalue weighted by atomic mass is 16.5. The summed E-state index contributed by atoms with van der Waals surface area (Å²) in [6.45, 7) is 7.82. The van der Waals surface area contributed by atoms with Crippen LogP contribution in [0.1, 0.15) is 27.7 Å². The van der Waals surface area contributed by atoms with E-state index < -0.39 is 17.5 Å². The fourth-order valence-corrected chi connectivity index (χ4v) is 0.967. The molecule has 0 aliphatic carbocycles. The molecule has 1 atom stereocenters. The van der Waals surface area contributed by atoms with Crippen LogP contribution in [0.15, 0.2) is 0 Å². The van der Waals surface area contributed by atoms with E-state index in [1.807, 2.05) is 26.8 Å². The van der Waals surface area contributed by atoms with Crippen molar-refractivity contribution < 1.29 is 14.3 Å². The first-order valence-electron chi connectivity index (χ1n) is 4.58. The summed E-state index contributed by atoms with van der Waals surface area (Å²) in [6.07, 6.45) is -0.758. The smallest absolute Gasteiger partial charge is 0.303 e. The molecule has 0 bridgehead atoms. The second-order valence-corrected chi connectivity index (χ2v) is 3.74. The molecule has 0 radical (unpaired) electrons. The van der Waals surface area contributed by atoms with Gasteiger partial charge in [-0.05, 0) is 6.92 Å². The molecule has 4 heteroatoms. The van der Waals surface area contributed by atoms with Crippen LogP contribution >= 0.6 is 0 Å². The van der Waals surface area contributed by atoms with Gasteiger partial charge in [-0.15, -0.1) is 0 Å². The minimum absolute atomic E-state index is 0.398. The lowest BCUT2D eigenvalue weighted by Crippen LogP contribution is -2.36. The van der Waals surface area contributed by atoms with Gasteiger partial charge in [0, 0.05) is 18.9 Å². The van der Waals surface area contributed by atoms with Crippen molar-refractivity contribution in [2.45, 2.75) is 33.8 Å². The Hall–Kier alpha value is -1.08. The van der Waals surface area contributed by atoms with Gasteiger partial charge < -0.3 is 9.47 Å². The zero-order valence-corrected chi connectivity index (χ0v) is 9.16. The van der Waals surface area contributed by atoms with Crippen LogP contribution in [0.25, 0.3) is 0 Å². The summed E-state index contributed by atoms with van der Waals surface area (Å²) in [5, 5.41) is 8.83. The molecule has 80 valence electrons. The number of ether oxygens (including phenoxy) is 2. The molecule has 0 fully saturated rings. The van der Waals surface area contributed by atoms with Crippen molar-refractivity contribution in [3.05, 3.63) is 0 Å². The van der Waals surface area contributed by atoms with Crippen molar-refractivity contribution in [1.82, 2.24) is 0 Å². The average molecular weight is 199 g/mol. The maximum absolute atomic E-state index is 10.7. The van der Waals surface area contributed by atoms with E-state index in [1.165, 1.54) is 6.92 Å². The zero-order chi connectivity index (χ0) is 11.2. The Labute approximate surface area is 84.8 Å². The van der Waals surface area contributed by atoms with Gasteiger partial charge in [0.15, 0.2) is 6.10 Å². The van der Waals surface area contributed by atoms with Crippen molar-refractivity contribution >= 4 is 5.97 Å². The highest BCUT2D eigenvalue weighted by Crippen LogP contribution is 2.23. The highest BCUT2D eigenvalue weighted by molar-refractivity contribution is 5.66. The number of nitrogens with zero attached hydrogens (tertiary/aromatic N) is 1. The first-order chi connectivity index (χ1) is 6.44. The predicted molar refractivity (Wildman–Crippen MR) is 51.4 cm³/mol. The van der Waals surface area contributed by atoms with Crippen molar-refractivity contribution in [2.24, 2.45) is 5.41 Å². The van der Waals surface area contributed by atoms with Crippen LogP contribution in [0, 0.1) is 16.7 Å². The molecule has 1 unspecified atom stereocenters. The topological polar surface area (TPSA) is 59.3 Å². The van der Waals surface area contributed by atoms with Crippen LogP contribution in [0.4, 0.5) is 0 Å². The monoisotopic (exact) mass is 199 g/mol. The first-order valence-corrected chi connectivity index (χ1v) is 4.58. The lowest BCUT2D eigenvalue weighted by Gasteiger charge is -2.28. The van der Waals surface area contributed by atoms with Gasteiger partial charge in [0.25, 0.3) is 0 Å². The number of nitriles is 1. The first kappa shape index (κ1) is 12.9. The number of hydrogen-bond donors (Lipinski definition) is 0. The molecule has 4 nitrogen and oxygen atoms in total. The third kappa shape index (κ3) is 4.24. The SMILES string of the molecule is CCOCC(C)(C)C(C#N)OC(C)=O. The van der Waals surface area contributed by atoms with Gasteiger partial charge in [0.1, 0.15) is 6.07 Å². The molecule has 0 N–H and O–H groups in total. The van der Waals surface area contributed by atoms with Crippen LogP contribution in [0.3, 0.4) is 0 Å². The van der Waals surface area contributed by atoms with E-state index in [4.69, 9.17) is 14.7 Å². The van der Waals surface area contributed by atoms with Gasteiger partial charge in [-0.25, -0.2) is 0 Å². The molecule has 0 aliphatic heterocycles. The Kier molecular flexibility index (Phi) is 5.18. The van der Waals surface area contributed by atoms with Crippen LogP contribution in [0.2, 0.25) is 0 Å². The second-order valence-electron chi connectivity index (χ2n) is 3.74. The predicted octanol–water partition coefficient (Wildman–Crippen LogP) is 1.50. The van der Waals surface area contributed by atoms with E-state index in [2.05, 4.69) is 0 Å². The summed E-state index contributed by atoms with van der Waals surface area (Å²) < 4.78 is 10.1.